The fourth-order valence-corrected chi connectivity index (χ4v) is 2.01. The van der Waals surface area contributed by atoms with Crippen molar-refractivity contribution in [2.75, 3.05) is 6.54 Å². The maximum Gasteiger partial charge on any atom is 0.305 e. The fraction of sp³-hybridized carbons (Fsp3) is 0.857. The molecule has 0 aliphatic carbocycles. The summed E-state index contributed by atoms with van der Waals surface area (Å²) in [6, 6.07) is -0.401. The van der Waals surface area contributed by atoms with E-state index in [1.54, 1.807) is 0 Å². The molecule has 0 spiro atoms. The minimum Gasteiger partial charge on any atom is -0.481 e. The summed E-state index contributed by atoms with van der Waals surface area (Å²) in [4.78, 5) is 23.3. The molecule has 0 aliphatic rings. The number of hydrogen-bond acceptors (Lipinski definition) is 3. The van der Waals surface area contributed by atoms with Gasteiger partial charge < -0.3 is 16.2 Å². The highest BCUT2D eigenvalue weighted by molar-refractivity contribution is 5.83. The Morgan fingerprint density at radius 1 is 1.21 bits per heavy atom. The second kappa shape index (κ2) is 6.89. The lowest BCUT2D eigenvalue weighted by Gasteiger charge is -2.35. The Morgan fingerprint density at radius 3 is 1.95 bits per heavy atom. The zero-order valence-corrected chi connectivity index (χ0v) is 12.7. The summed E-state index contributed by atoms with van der Waals surface area (Å²) >= 11 is 0. The molecule has 0 aromatic carbocycles. The molecule has 112 valence electrons. The predicted octanol–water partition coefficient (Wildman–Crippen LogP) is 1.76. The lowest BCUT2D eigenvalue weighted by Crippen LogP contribution is -2.52. The van der Waals surface area contributed by atoms with Gasteiger partial charge in [0.1, 0.15) is 0 Å². The van der Waals surface area contributed by atoms with E-state index in [0.29, 0.717) is 12.8 Å². The summed E-state index contributed by atoms with van der Waals surface area (Å²) in [5.41, 5.74) is 4.83. The van der Waals surface area contributed by atoms with Crippen molar-refractivity contribution in [3.8, 4) is 0 Å². The molecule has 4 N–H and O–H groups in total. The molecular weight excluding hydrogens is 244 g/mol. The quantitative estimate of drug-likeness (QED) is 0.658. The first-order chi connectivity index (χ1) is 8.62. The van der Waals surface area contributed by atoms with Crippen LogP contribution in [0.25, 0.3) is 0 Å². The number of amides is 1. The molecule has 1 atom stereocenters. The van der Waals surface area contributed by atoms with E-state index in [4.69, 9.17) is 10.8 Å². The monoisotopic (exact) mass is 272 g/mol. The van der Waals surface area contributed by atoms with Gasteiger partial charge in [-0.25, -0.2) is 0 Å². The van der Waals surface area contributed by atoms with Crippen molar-refractivity contribution in [1.82, 2.24) is 5.32 Å². The number of aliphatic carboxylic acids is 1. The maximum absolute atomic E-state index is 12.4. The van der Waals surface area contributed by atoms with E-state index in [1.165, 1.54) is 0 Å². The molecule has 0 fully saturated rings. The minimum absolute atomic E-state index is 0.0800. The van der Waals surface area contributed by atoms with Crippen LogP contribution in [0.2, 0.25) is 0 Å². The first-order valence-electron chi connectivity index (χ1n) is 6.85. The van der Waals surface area contributed by atoms with Gasteiger partial charge in [0.05, 0.1) is 11.8 Å². The van der Waals surface area contributed by atoms with E-state index in [1.807, 2.05) is 34.6 Å². The summed E-state index contributed by atoms with van der Waals surface area (Å²) in [5.74, 6) is -1.05. The molecule has 0 rings (SSSR count). The van der Waals surface area contributed by atoms with Crippen LogP contribution in [0.15, 0.2) is 0 Å². The minimum atomic E-state index is -0.911. The van der Waals surface area contributed by atoms with Gasteiger partial charge in [-0.1, -0.05) is 34.6 Å². The van der Waals surface area contributed by atoms with Gasteiger partial charge in [0.25, 0.3) is 0 Å². The van der Waals surface area contributed by atoms with Crippen LogP contribution in [0.3, 0.4) is 0 Å². The predicted molar refractivity (Wildman–Crippen MR) is 75.7 cm³/mol. The van der Waals surface area contributed by atoms with E-state index < -0.39 is 17.4 Å². The van der Waals surface area contributed by atoms with Crippen molar-refractivity contribution in [3.63, 3.8) is 0 Å². The molecule has 0 bridgehead atoms. The van der Waals surface area contributed by atoms with Crippen molar-refractivity contribution in [2.45, 2.75) is 59.9 Å². The molecule has 0 aromatic rings. The summed E-state index contributed by atoms with van der Waals surface area (Å²) in [6.07, 6.45) is 1.22. The lowest BCUT2D eigenvalue weighted by atomic mass is 9.79. The third-order valence-electron chi connectivity index (χ3n) is 3.96. The van der Waals surface area contributed by atoms with E-state index in [-0.39, 0.29) is 24.3 Å². The van der Waals surface area contributed by atoms with Crippen LogP contribution in [0.4, 0.5) is 0 Å². The van der Waals surface area contributed by atoms with Crippen molar-refractivity contribution in [1.29, 1.82) is 0 Å². The van der Waals surface area contributed by atoms with Crippen LogP contribution in [0, 0.1) is 10.8 Å². The molecule has 1 amide bonds. The average molecular weight is 272 g/mol. The largest absolute Gasteiger partial charge is 0.481 e. The standard InChI is InChI=1S/C14H28N2O3/c1-6-14(7-2,9-15)12(19)16-10(8-11(17)18)13(3,4)5/h10H,6-9,15H2,1-5H3,(H,16,19)(H,17,18). The molecule has 0 aliphatic heterocycles. The molecule has 5 nitrogen and oxygen atoms in total. The number of nitrogens with two attached hydrogens (primary N) is 1. The van der Waals surface area contributed by atoms with Crippen molar-refractivity contribution >= 4 is 11.9 Å². The van der Waals surface area contributed by atoms with E-state index >= 15 is 0 Å². The first kappa shape index (κ1) is 17.9. The Labute approximate surface area is 115 Å². The smallest absolute Gasteiger partial charge is 0.305 e. The molecule has 0 saturated heterocycles. The van der Waals surface area contributed by atoms with Crippen LogP contribution < -0.4 is 11.1 Å². The Balaban J connectivity index is 5.04. The Hall–Kier alpha value is -1.10. The van der Waals surface area contributed by atoms with E-state index in [2.05, 4.69) is 5.32 Å². The Kier molecular flexibility index (Phi) is 6.49. The van der Waals surface area contributed by atoms with Crippen LogP contribution in [0.5, 0.6) is 0 Å². The molecule has 0 saturated carbocycles. The number of rotatable bonds is 7. The number of carbonyl (C=O) groups excluding carboxylic acids is 1. The molecular formula is C14H28N2O3. The van der Waals surface area contributed by atoms with Crippen LogP contribution in [0.1, 0.15) is 53.9 Å². The summed E-state index contributed by atoms with van der Waals surface area (Å²) in [6.45, 7) is 9.89. The zero-order chi connectivity index (χ0) is 15.3. The topological polar surface area (TPSA) is 92.4 Å². The van der Waals surface area contributed by atoms with Gasteiger partial charge in [0.2, 0.25) is 5.91 Å². The molecule has 5 heteroatoms. The molecule has 0 aromatic heterocycles. The number of carboxylic acids is 1. The normalized spacial score (nSPS) is 14.0. The summed E-state index contributed by atoms with van der Waals surface area (Å²) in [7, 11) is 0. The van der Waals surface area contributed by atoms with Gasteiger partial charge in [-0.2, -0.15) is 0 Å². The average Bonchev–Trinajstić information content (AvgIpc) is 2.29. The van der Waals surface area contributed by atoms with Crippen molar-refractivity contribution in [2.24, 2.45) is 16.6 Å². The molecule has 0 radical (unpaired) electrons. The van der Waals surface area contributed by atoms with Crippen molar-refractivity contribution < 1.29 is 14.7 Å². The molecule has 1 unspecified atom stereocenters. The number of carboxylic acid groups (broad SMARTS) is 1. The van der Waals surface area contributed by atoms with Crippen LogP contribution in [-0.4, -0.2) is 29.6 Å². The van der Waals surface area contributed by atoms with Crippen molar-refractivity contribution in [3.05, 3.63) is 0 Å². The molecule has 0 heterocycles. The summed E-state index contributed by atoms with van der Waals surface area (Å²) in [5, 5.41) is 11.8. The second-order valence-corrected chi connectivity index (χ2v) is 6.18. The van der Waals surface area contributed by atoms with Gasteiger partial charge in [0, 0.05) is 12.6 Å². The highest BCUT2D eigenvalue weighted by atomic mass is 16.4. The first-order valence-corrected chi connectivity index (χ1v) is 6.85. The number of nitrogens with one attached hydrogen (secondary N) is 1. The fourth-order valence-electron chi connectivity index (χ4n) is 2.01. The van der Waals surface area contributed by atoms with Crippen LogP contribution in [-0.2, 0) is 9.59 Å². The third kappa shape index (κ3) is 4.82. The highest BCUT2D eigenvalue weighted by Gasteiger charge is 2.37. The van der Waals surface area contributed by atoms with Gasteiger partial charge in [-0.05, 0) is 18.3 Å². The highest BCUT2D eigenvalue weighted by Crippen LogP contribution is 2.28. The Morgan fingerprint density at radius 2 is 1.68 bits per heavy atom. The van der Waals surface area contributed by atoms with Gasteiger partial charge in [0.15, 0.2) is 0 Å². The second-order valence-electron chi connectivity index (χ2n) is 6.18. The van der Waals surface area contributed by atoms with Crippen LogP contribution >= 0.6 is 0 Å². The third-order valence-corrected chi connectivity index (χ3v) is 3.96. The zero-order valence-electron chi connectivity index (χ0n) is 12.7. The lowest BCUT2D eigenvalue weighted by molar-refractivity contribution is -0.139. The SMILES string of the molecule is CCC(CC)(CN)C(=O)NC(CC(=O)O)C(C)(C)C. The van der Waals surface area contributed by atoms with Gasteiger partial charge in [-0.3, -0.25) is 9.59 Å². The van der Waals surface area contributed by atoms with E-state index in [9.17, 15) is 9.59 Å². The van der Waals surface area contributed by atoms with Gasteiger partial charge in [-0.15, -0.1) is 0 Å². The van der Waals surface area contributed by atoms with Gasteiger partial charge >= 0.3 is 5.97 Å². The molecule has 19 heavy (non-hydrogen) atoms. The number of hydrogen-bond donors (Lipinski definition) is 3. The van der Waals surface area contributed by atoms with E-state index in [0.717, 1.165) is 0 Å². The maximum atomic E-state index is 12.4. The number of carbonyl (C=O) groups is 2. The Bertz CT molecular complexity index is 309. The summed E-state index contributed by atoms with van der Waals surface area (Å²) < 4.78 is 0.